The molecule has 2 rings (SSSR count). The van der Waals surface area contributed by atoms with Gasteiger partial charge in [0.2, 0.25) is 0 Å². The first-order valence-electron chi connectivity index (χ1n) is 8.71. The quantitative estimate of drug-likeness (QED) is 0.460. The number of ether oxygens (including phenoxy) is 3. The summed E-state index contributed by atoms with van der Waals surface area (Å²) in [6.45, 7) is 2.45. The Hall–Kier alpha value is -2.42. The predicted octanol–water partition coefficient (Wildman–Crippen LogP) is -0.500. The number of hydrogen-bond donors (Lipinski definition) is 0. The highest BCUT2D eigenvalue weighted by Crippen LogP contribution is 2.08. The molecule has 0 unspecified atom stereocenters. The Kier molecular flexibility index (Phi) is 8.07. The van der Waals surface area contributed by atoms with Crippen LogP contribution in [-0.2, 0) is 33.4 Å². The lowest BCUT2D eigenvalue weighted by molar-refractivity contribution is -0.150. The third kappa shape index (κ3) is 6.83. The third-order valence-electron chi connectivity index (χ3n) is 4.10. The minimum Gasteiger partial charge on any atom is -0.452 e. The summed E-state index contributed by atoms with van der Waals surface area (Å²) < 4.78 is 14.7. The molecule has 0 atom stereocenters. The van der Waals surface area contributed by atoms with E-state index in [2.05, 4.69) is 0 Å². The summed E-state index contributed by atoms with van der Waals surface area (Å²) in [5, 5.41) is 0. The van der Waals surface area contributed by atoms with Gasteiger partial charge in [-0.3, -0.25) is 9.59 Å². The summed E-state index contributed by atoms with van der Waals surface area (Å²) in [7, 11) is 0. The second-order valence-corrected chi connectivity index (χ2v) is 5.98. The molecule has 0 aliphatic carbocycles. The number of carbonyl (C=O) groups is 4. The van der Waals surface area contributed by atoms with Crippen LogP contribution in [0.15, 0.2) is 12.2 Å². The second kappa shape index (κ2) is 10.5. The Morgan fingerprint density at radius 3 is 1.69 bits per heavy atom. The molecule has 0 aromatic carbocycles. The molecule has 2 saturated heterocycles. The monoisotopic (exact) mass is 368 g/mol. The molecule has 0 aromatic heterocycles. The maximum atomic E-state index is 11.9. The van der Waals surface area contributed by atoms with E-state index in [0.717, 1.165) is 31.4 Å². The molecule has 0 radical (unpaired) electrons. The molecule has 0 aromatic rings. The fourth-order valence-corrected chi connectivity index (χ4v) is 2.64. The number of morpholine rings is 1. The Labute approximate surface area is 151 Å². The van der Waals surface area contributed by atoms with E-state index in [1.165, 1.54) is 0 Å². The average molecular weight is 368 g/mol. The van der Waals surface area contributed by atoms with E-state index < -0.39 is 18.5 Å². The van der Waals surface area contributed by atoms with Gasteiger partial charge in [-0.2, -0.15) is 0 Å². The minimum absolute atomic E-state index is 0.245. The van der Waals surface area contributed by atoms with E-state index in [1.807, 2.05) is 0 Å². The van der Waals surface area contributed by atoms with E-state index in [4.69, 9.17) is 14.2 Å². The molecule has 9 nitrogen and oxygen atoms in total. The lowest BCUT2D eigenvalue weighted by Gasteiger charge is -2.26. The molecular formula is C17H24N2O7. The van der Waals surface area contributed by atoms with Crippen LogP contribution in [0.4, 0.5) is 0 Å². The third-order valence-corrected chi connectivity index (χ3v) is 4.10. The van der Waals surface area contributed by atoms with Crippen LogP contribution in [0.2, 0.25) is 0 Å². The second-order valence-electron chi connectivity index (χ2n) is 5.98. The van der Waals surface area contributed by atoms with Crippen LogP contribution in [0.1, 0.15) is 19.3 Å². The summed E-state index contributed by atoms with van der Waals surface area (Å²) in [4.78, 5) is 49.9. The lowest BCUT2D eigenvalue weighted by Crippen LogP contribution is -2.42. The first-order chi connectivity index (χ1) is 12.6. The molecule has 2 fully saturated rings. The van der Waals surface area contributed by atoms with Gasteiger partial charge in [0.05, 0.1) is 13.2 Å². The largest absolute Gasteiger partial charge is 0.452 e. The summed E-state index contributed by atoms with van der Waals surface area (Å²) in [6.07, 6.45) is 4.76. The van der Waals surface area contributed by atoms with Gasteiger partial charge in [0.1, 0.15) is 0 Å². The SMILES string of the molecule is O=C(/C=C/C(=O)OCC(=O)N1CCOCC1)OCC(=O)N1CCCCC1. The first kappa shape index (κ1) is 19.9. The number of piperidine rings is 1. The predicted molar refractivity (Wildman–Crippen MR) is 88.9 cm³/mol. The van der Waals surface area contributed by atoms with Gasteiger partial charge in [-0.25, -0.2) is 9.59 Å². The van der Waals surface area contributed by atoms with Gasteiger partial charge >= 0.3 is 11.9 Å². The van der Waals surface area contributed by atoms with Crippen LogP contribution in [0.5, 0.6) is 0 Å². The maximum absolute atomic E-state index is 11.9. The Balaban J connectivity index is 1.62. The van der Waals surface area contributed by atoms with Gasteiger partial charge in [-0.05, 0) is 19.3 Å². The standard InChI is InChI=1S/C17H24N2O7/c20-14(18-6-2-1-3-7-18)12-25-16(22)4-5-17(23)26-13-15(21)19-8-10-24-11-9-19/h4-5H,1-3,6-13H2/b5-4+. The highest BCUT2D eigenvalue weighted by Gasteiger charge is 2.19. The zero-order valence-electron chi connectivity index (χ0n) is 14.7. The van der Waals surface area contributed by atoms with Crippen LogP contribution in [0, 0.1) is 0 Å². The van der Waals surface area contributed by atoms with Gasteiger partial charge in [0.25, 0.3) is 11.8 Å². The first-order valence-corrected chi connectivity index (χ1v) is 8.71. The molecule has 0 N–H and O–H groups in total. The minimum atomic E-state index is -0.828. The van der Waals surface area contributed by atoms with Crippen molar-refractivity contribution in [3.8, 4) is 0 Å². The number of rotatable bonds is 6. The molecule has 9 heteroatoms. The van der Waals surface area contributed by atoms with Crippen molar-refractivity contribution in [2.24, 2.45) is 0 Å². The molecule has 2 heterocycles. The fourth-order valence-electron chi connectivity index (χ4n) is 2.64. The van der Waals surface area contributed by atoms with Gasteiger partial charge in [0.15, 0.2) is 13.2 Å². The van der Waals surface area contributed by atoms with Gasteiger partial charge < -0.3 is 24.0 Å². The number of nitrogens with zero attached hydrogens (tertiary/aromatic N) is 2. The van der Waals surface area contributed by atoms with Crippen molar-refractivity contribution in [3.63, 3.8) is 0 Å². The normalized spacial score (nSPS) is 17.8. The highest BCUT2D eigenvalue weighted by atomic mass is 16.5. The van der Waals surface area contributed by atoms with Crippen molar-refractivity contribution in [3.05, 3.63) is 12.2 Å². The van der Waals surface area contributed by atoms with Crippen LogP contribution in [0.3, 0.4) is 0 Å². The summed E-state index contributed by atoms with van der Waals surface area (Å²) in [6, 6.07) is 0. The van der Waals surface area contributed by atoms with Crippen LogP contribution in [-0.4, -0.2) is 86.2 Å². The van der Waals surface area contributed by atoms with Crippen molar-refractivity contribution in [1.29, 1.82) is 0 Å². The fraction of sp³-hybridized carbons (Fsp3) is 0.647. The summed E-state index contributed by atoms with van der Waals surface area (Å²) in [5.41, 5.74) is 0. The van der Waals surface area contributed by atoms with E-state index in [9.17, 15) is 19.2 Å². The van der Waals surface area contributed by atoms with Gasteiger partial charge in [-0.15, -0.1) is 0 Å². The van der Waals surface area contributed by atoms with E-state index in [-0.39, 0.29) is 18.4 Å². The Bertz CT molecular complexity index is 501. The highest BCUT2D eigenvalue weighted by molar-refractivity contribution is 5.93. The number of likely N-dealkylation sites (tertiary alicyclic amines) is 1. The zero-order chi connectivity index (χ0) is 18.8. The summed E-state index contributed by atoms with van der Waals surface area (Å²) >= 11 is 0. The average Bonchev–Trinajstić information content (AvgIpc) is 2.69. The molecule has 144 valence electrons. The maximum Gasteiger partial charge on any atom is 0.331 e. The lowest BCUT2D eigenvalue weighted by atomic mass is 10.1. The van der Waals surface area contributed by atoms with Crippen molar-refractivity contribution in [1.82, 2.24) is 9.80 Å². The Morgan fingerprint density at radius 1 is 0.731 bits per heavy atom. The summed E-state index contributed by atoms with van der Waals surface area (Å²) in [5.74, 6) is -2.20. The molecule has 0 bridgehead atoms. The van der Waals surface area contributed by atoms with Crippen molar-refractivity contribution in [2.75, 3.05) is 52.6 Å². The zero-order valence-corrected chi connectivity index (χ0v) is 14.7. The van der Waals surface area contributed by atoms with E-state index in [1.54, 1.807) is 9.80 Å². The smallest absolute Gasteiger partial charge is 0.331 e. The molecule has 0 spiro atoms. The molecule has 0 saturated carbocycles. The molecular weight excluding hydrogens is 344 g/mol. The number of esters is 2. The molecule has 2 aliphatic heterocycles. The van der Waals surface area contributed by atoms with Crippen molar-refractivity contribution in [2.45, 2.75) is 19.3 Å². The number of carbonyl (C=O) groups excluding carboxylic acids is 4. The molecule has 26 heavy (non-hydrogen) atoms. The van der Waals surface area contributed by atoms with Crippen molar-refractivity contribution < 1.29 is 33.4 Å². The molecule has 2 aliphatic rings. The number of hydrogen-bond acceptors (Lipinski definition) is 7. The van der Waals surface area contributed by atoms with E-state index >= 15 is 0 Å². The van der Waals surface area contributed by atoms with Crippen molar-refractivity contribution >= 4 is 23.8 Å². The van der Waals surface area contributed by atoms with Crippen LogP contribution >= 0.6 is 0 Å². The van der Waals surface area contributed by atoms with Crippen LogP contribution < -0.4 is 0 Å². The number of amides is 2. The van der Waals surface area contributed by atoms with E-state index in [0.29, 0.717) is 39.4 Å². The van der Waals surface area contributed by atoms with Gasteiger partial charge in [-0.1, -0.05) is 0 Å². The van der Waals surface area contributed by atoms with Crippen LogP contribution in [0.25, 0.3) is 0 Å². The molecule has 2 amide bonds. The topological polar surface area (TPSA) is 102 Å². The Morgan fingerprint density at radius 2 is 1.19 bits per heavy atom. The van der Waals surface area contributed by atoms with Gasteiger partial charge in [0, 0.05) is 38.3 Å².